The SMILES string of the molecule is Fc1ccc2c(c1)SCN2. The van der Waals surface area contributed by atoms with Crippen molar-refractivity contribution in [2.45, 2.75) is 4.90 Å². The average molecular weight is 155 g/mol. The Kier molecular flexibility index (Phi) is 1.31. The summed E-state index contributed by atoms with van der Waals surface area (Å²) in [4.78, 5) is 1.01. The minimum atomic E-state index is -0.157. The van der Waals surface area contributed by atoms with Crippen LogP contribution in [-0.2, 0) is 0 Å². The molecule has 2 rings (SSSR count). The zero-order chi connectivity index (χ0) is 6.97. The first-order valence-corrected chi connectivity index (χ1v) is 4.01. The summed E-state index contributed by atoms with van der Waals surface area (Å²) in [5, 5.41) is 3.12. The largest absolute Gasteiger partial charge is 0.375 e. The molecule has 1 aliphatic heterocycles. The summed E-state index contributed by atoms with van der Waals surface area (Å²) in [6.07, 6.45) is 0. The quantitative estimate of drug-likeness (QED) is 0.617. The first-order chi connectivity index (χ1) is 4.86. The second kappa shape index (κ2) is 2.16. The molecule has 1 aliphatic rings. The first-order valence-electron chi connectivity index (χ1n) is 3.02. The third kappa shape index (κ3) is 0.865. The number of hydrogen-bond acceptors (Lipinski definition) is 2. The van der Waals surface area contributed by atoms with Crippen LogP contribution < -0.4 is 5.32 Å². The van der Waals surface area contributed by atoms with Crippen molar-refractivity contribution in [2.75, 3.05) is 11.2 Å². The van der Waals surface area contributed by atoms with E-state index in [1.807, 2.05) is 0 Å². The highest BCUT2D eigenvalue weighted by Gasteiger charge is 2.09. The molecule has 0 aromatic heterocycles. The van der Waals surface area contributed by atoms with E-state index in [2.05, 4.69) is 5.32 Å². The van der Waals surface area contributed by atoms with Gasteiger partial charge >= 0.3 is 0 Å². The second-order valence-corrected chi connectivity index (χ2v) is 3.12. The fourth-order valence-corrected chi connectivity index (χ4v) is 1.83. The highest BCUT2D eigenvalue weighted by atomic mass is 32.2. The molecule has 0 saturated heterocycles. The highest BCUT2D eigenvalue weighted by Crippen LogP contribution is 2.33. The predicted molar refractivity (Wildman–Crippen MR) is 40.7 cm³/mol. The van der Waals surface area contributed by atoms with Gasteiger partial charge in [-0.2, -0.15) is 0 Å². The van der Waals surface area contributed by atoms with Crippen LogP contribution in [0.5, 0.6) is 0 Å². The zero-order valence-electron chi connectivity index (χ0n) is 5.23. The van der Waals surface area contributed by atoms with Crippen LogP contribution in [0.1, 0.15) is 0 Å². The van der Waals surface area contributed by atoms with Crippen molar-refractivity contribution < 1.29 is 4.39 Å². The molecule has 0 atom stereocenters. The molecule has 0 amide bonds. The molecule has 10 heavy (non-hydrogen) atoms. The number of anilines is 1. The monoisotopic (exact) mass is 155 g/mol. The summed E-state index contributed by atoms with van der Waals surface area (Å²) in [5.41, 5.74) is 1.05. The lowest BCUT2D eigenvalue weighted by Gasteiger charge is -1.95. The normalized spacial score (nSPS) is 14.5. The first kappa shape index (κ1) is 6.04. The molecule has 52 valence electrons. The van der Waals surface area contributed by atoms with Crippen molar-refractivity contribution in [3.8, 4) is 0 Å². The third-order valence-corrected chi connectivity index (χ3v) is 2.37. The van der Waals surface area contributed by atoms with Crippen LogP contribution in [0.25, 0.3) is 0 Å². The molecule has 0 saturated carbocycles. The van der Waals surface area contributed by atoms with Gasteiger partial charge < -0.3 is 5.32 Å². The Hall–Kier alpha value is -0.700. The lowest BCUT2D eigenvalue weighted by molar-refractivity contribution is 0.625. The van der Waals surface area contributed by atoms with Gasteiger partial charge in [-0.15, -0.1) is 11.8 Å². The van der Waals surface area contributed by atoms with Crippen LogP contribution in [0.15, 0.2) is 23.1 Å². The van der Waals surface area contributed by atoms with Crippen molar-refractivity contribution in [3.05, 3.63) is 24.0 Å². The smallest absolute Gasteiger partial charge is 0.124 e. The summed E-state index contributed by atoms with van der Waals surface area (Å²) in [6.45, 7) is 0. The third-order valence-electron chi connectivity index (χ3n) is 1.43. The van der Waals surface area contributed by atoms with Gasteiger partial charge in [0, 0.05) is 10.6 Å². The Morgan fingerprint density at radius 3 is 3.30 bits per heavy atom. The van der Waals surface area contributed by atoms with E-state index in [4.69, 9.17) is 0 Å². The van der Waals surface area contributed by atoms with Crippen LogP contribution in [0, 0.1) is 5.82 Å². The molecule has 0 unspecified atom stereocenters. The van der Waals surface area contributed by atoms with Crippen LogP contribution in [0.2, 0.25) is 0 Å². The Balaban J connectivity index is 2.52. The molecule has 1 N–H and O–H groups in total. The summed E-state index contributed by atoms with van der Waals surface area (Å²) in [5.74, 6) is 0.702. The van der Waals surface area contributed by atoms with Gasteiger partial charge in [0.15, 0.2) is 0 Å². The topological polar surface area (TPSA) is 12.0 Å². The van der Waals surface area contributed by atoms with E-state index < -0.39 is 0 Å². The second-order valence-electron chi connectivity index (χ2n) is 2.11. The lowest BCUT2D eigenvalue weighted by atomic mass is 10.3. The molecule has 1 aromatic rings. The van der Waals surface area contributed by atoms with Gasteiger partial charge in [-0.1, -0.05) is 0 Å². The minimum Gasteiger partial charge on any atom is -0.375 e. The fraction of sp³-hybridized carbons (Fsp3) is 0.143. The number of rotatable bonds is 0. The van der Waals surface area contributed by atoms with E-state index >= 15 is 0 Å². The molecule has 0 aliphatic carbocycles. The Bertz CT molecular complexity index is 262. The van der Waals surface area contributed by atoms with Gasteiger partial charge in [0.2, 0.25) is 0 Å². The molecule has 0 fully saturated rings. The van der Waals surface area contributed by atoms with E-state index in [1.54, 1.807) is 23.9 Å². The lowest BCUT2D eigenvalue weighted by Crippen LogP contribution is -1.87. The Morgan fingerprint density at radius 1 is 1.50 bits per heavy atom. The molecular formula is C7H6FNS. The van der Waals surface area contributed by atoms with Crippen molar-refractivity contribution in [1.29, 1.82) is 0 Å². The summed E-state index contributed by atoms with van der Waals surface area (Å²) >= 11 is 1.63. The van der Waals surface area contributed by atoms with E-state index in [1.165, 1.54) is 6.07 Å². The van der Waals surface area contributed by atoms with Gasteiger partial charge in [0.05, 0.1) is 5.88 Å². The van der Waals surface area contributed by atoms with Gasteiger partial charge in [-0.25, -0.2) is 4.39 Å². The molecule has 3 heteroatoms. The van der Waals surface area contributed by atoms with Gasteiger partial charge in [-0.3, -0.25) is 0 Å². The standard InChI is InChI=1S/C7H6FNS/c8-5-1-2-6-7(3-5)10-4-9-6/h1-3,9H,4H2. The van der Waals surface area contributed by atoms with Crippen molar-refractivity contribution in [3.63, 3.8) is 0 Å². The van der Waals surface area contributed by atoms with Crippen LogP contribution in [0.3, 0.4) is 0 Å². The van der Waals surface area contributed by atoms with Crippen molar-refractivity contribution in [2.24, 2.45) is 0 Å². The maximum atomic E-state index is 12.5. The zero-order valence-corrected chi connectivity index (χ0v) is 6.04. The minimum absolute atomic E-state index is 0.157. The fourth-order valence-electron chi connectivity index (χ4n) is 0.953. The van der Waals surface area contributed by atoms with Crippen LogP contribution >= 0.6 is 11.8 Å². The number of benzene rings is 1. The number of nitrogens with one attached hydrogen (secondary N) is 1. The van der Waals surface area contributed by atoms with Crippen LogP contribution in [0.4, 0.5) is 10.1 Å². The molecule has 0 radical (unpaired) electrons. The average Bonchev–Trinajstić information content (AvgIpc) is 2.33. The molecule has 1 heterocycles. The molecule has 1 nitrogen and oxygen atoms in total. The Morgan fingerprint density at radius 2 is 2.40 bits per heavy atom. The van der Waals surface area contributed by atoms with Gasteiger partial charge in [-0.05, 0) is 18.2 Å². The van der Waals surface area contributed by atoms with Crippen molar-refractivity contribution in [1.82, 2.24) is 0 Å². The molecule has 1 aromatic carbocycles. The highest BCUT2D eigenvalue weighted by molar-refractivity contribution is 7.99. The maximum absolute atomic E-state index is 12.5. The van der Waals surface area contributed by atoms with Crippen LogP contribution in [-0.4, -0.2) is 5.88 Å². The number of hydrogen-bond donors (Lipinski definition) is 1. The van der Waals surface area contributed by atoms with E-state index in [9.17, 15) is 4.39 Å². The summed E-state index contributed by atoms with van der Waals surface area (Å²) in [7, 11) is 0. The van der Waals surface area contributed by atoms with E-state index in [0.717, 1.165) is 16.5 Å². The van der Waals surface area contributed by atoms with Gasteiger partial charge in [0.1, 0.15) is 5.82 Å². The summed E-state index contributed by atoms with van der Waals surface area (Å²) < 4.78 is 12.5. The van der Waals surface area contributed by atoms with E-state index in [-0.39, 0.29) is 5.82 Å². The molecule has 0 spiro atoms. The number of fused-ring (bicyclic) bond motifs is 1. The van der Waals surface area contributed by atoms with Gasteiger partial charge in [0.25, 0.3) is 0 Å². The number of thioether (sulfide) groups is 1. The summed E-state index contributed by atoms with van der Waals surface area (Å²) in [6, 6.07) is 4.79. The van der Waals surface area contributed by atoms with E-state index in [0.29, 0.717) is 0 Å². The molecular weight excluding hydrogens is 149 g/mol. The Labute approximate surface area is 62.6 Å². The number of halogens is 1. The van der Waals surface area contributed by atoms with Crippen molar-refractivity contribution >= 4 is 17.4 Å². The maximum Gasteiger partial charge on any atom is 0.124 e. The molecule has 0 bridgehead atoms. The predicted octanol–water partition coefficient (Wildman–Crippen LogP) is 2.30.